The minimum Gasteiger partial charge on any atom is -0.508 e. The number of hydrogen-bond acceptors (Lipinski definition) is 5. The number of Topliss-reactive ketones (excluding diaryl/α,β-unsaturated/α-hetero) is 1. The summed E-state index contributed by atoms with van der Waals surface area (Å²) in [6, 6.07) is 6.07. The van der Waals surface area contributed by atoms with Gasteiger partial charge in [0.1, 0.15) is 29.1 Å². The fourth-order valence-corrected chi connectivity index (χ4v) is 4.25. The van der Waals surface area contributed by atoms with Crippen LogP contribution in [0.2, 0.25) is 0 Å². The Bertz CT molecular complexity index is 1200. The summed E-state index contributed by atoms with van der Waals surface area (Å²) >= 11 is 0. The Hall–Kier alpha value is -3.47. The number of carbonyl (C=O) groups excluding carboxylic acids is 1. The second-order valence-electron chi connectivity index (χ2n) is 10.1. The molecule has 0 spiro atoms. The van der Waals surface area contributed by atoms with E-state index in [4.69, 9.17) is 4.74 Å². The molecule has 0 saturated carbocycles. The summed E-state index contributed by atoms with van der Waals surface area (Å²) in [5.41, 5.74) is 3.87. The van der Waals surface area contributed by atoms with Gasteiger partial charge in [0.15, 0.2) is 5.78 Å². The van der Waals surface area contributed by atoms with Gasteiger partial charge in [-0.05, 0) is 58.2 Å². The summed E-state index contributed by atoms with van der Waals surface area (Å²) < 4.78 is 6.28. The van der Waals surface area contributed by atoms with E-state index < -0.39 is 11.5 Å². The highest BCUT2D eigenvalue weighted by Crippen LogP contribution is 2.45. The first-order chi connectivity index (χ1) is 16.4. The first-order valence-corrected chi connectivity index (χ1v) is 12.0. The molecule has 0 unspecified atom stereocenters. The van der Waals surface area contributed by atoms with Crippen molar-refractivity contribution in [3.8, 4) is 23.0 Å². The minimum atomic E-state index is -0.752. The van der Waals surface area contributed by atoms with E-state index in [1.807, 2.05) is 19.9 Å². The Balaban J connectivity index is 1.97. The number of phenols is 3. The predicted molar refractivity (Wildman–Crippen MR) is 140 cm³/mol. The molecule has 3 N–H and O–H groups in total. The van der Waals surface area contributed by atoms with Crippen molar-refractivity contribution in [2.24, 2.45) is 0 Å². The molecule has 0 bridgehead atoms. The van der Waals surface area contributed by atoms with Gasteiger partial charge >= 0.3 is 0 Å². The Kier molecular flexibility index (Phi) is 7.79. The maximum Gasteiger partial charge on any atom is 0.170 e. The number of ketones is 1. The van der Waals surface area contributed by atoms with Crippen molar-refractivity contribution >= 4 is 5.78 Å². The average Bonchev–Trinajstić information content (AvgIpc) is 2.77. The maximum atomic E-state index is 13.1. The summed E-state index contributed by atoms with van der Waals surface area (Å²) in [4.78, 5) is 13.1. The minimum absolute atomic E-state index is 0.0427. The van der Waals surface area contributed by atoms with Crippen LogP contribution in [0, 0.1) is 0 Å². The number of benzene rings is 2. The molecule has 1 heterocycles. The normalized spacial score (nSPS) is 15.9. The van der Waals surface area contributed by atoms with E-state index in [0.717, 1.165) is 12.8 Å². The third-order valence-corrected chi connectivity index (χ3v) is 6.61. The fraction of sp³-hybridized carbons (Fsp3) is 0.367. The number of hydrogen-bond donors (Lipinski definition) is 3. The second kappa shape index (κ2) is 10.4. The van der Waals surface area contributed by atoms with Crippen molar-refractivity contribution in [2.75, 3.05) is 0 Å². The van der Waals surface area contributed by atoms with Gasteiger partial charge in [0.25, 0.3) is 0 Å². The highest BCUT2D eigenvalue weighted by molar-refractivity contribution is 6.00. The number of fused-ring (bicyclic) bond motifs is 1. The van der Waals surface area contributed by atoms with Gasteiger partial charge < -0.3 is 20.1 Å². The number of phenolic OH excluding ortho intramolecular Hbond substituents is 3. The summed E-state index contributed by atoms with van der Waals surface area (Å²) in [5, 5.41) is 31.7. The molecule has 0 saturated heterocycles. The Morgan fingerprint density at radius 3 is 2.46 bits per heavy atom. The largest absolute Gasteiger partial charge is 0.508 e. The molecule has 0 aliphatic carbocycles. The van der Waals surface area contributed by atoms with Gasteiger partial charge in [-0.25, -0.2) is 0 Å². The van der Waals surface area contributed by atoms with E-state index in [0.29, 0.717) is 34.4 Å². The topological polar surface area (TPSA) is 87.0 Å². The number of ether oxygens (including phenoxy) is 1. The van der Waals surface area contributed by atoms with E-state index in [9.17, 15) is 20.1 Å². The summed E-state index contributed by atoms with van der Waals surface area (Å²) in [7, 11) is 0. The standard InChI is InChI=1S/C30H36O5/c1-7-30(5,6)23-15-22(25(32)16-27(23)34)28-17-26(33)21-13-14-24(31)20(29(21)35-28)12-11-19(4)10-8-9-18(2)3/h7,9,11,13-16,28,31-32,34H,1,8,10,12,17H2,2-6H3/b19-11+/t28-/m0/s1. The number of aromatic hydroxyl groups is 3. The molecule has 2 aromatic rings. The van der Waals surface area contributed by atoms with Crippen LogP contribution in [-0.2, 0) is 11.8 Å². The van der Waals surface area contributed by atoms with Crippen LogP contribution in [-0.4, -0.2) is 21.1 Å². The lowest BCUT2D eigenvalue weighted by Gasteiger charge is -2.30. The lowest BCUT2D eigenvalue weighted by atomic mass is 9.82. The van der Waals surface area contributed by atoms with Gasteiger partial charge in [-0.1, -0.05) is 43.2 Å². The SMILES string of the molecule is C=CC(C)(C)c1cc([C@@H]2CC(=O)c3ccc(O)c(C/C=C(\C)CCC=C(C)C)c3O2)c(O)cc1O. The van der Waals surface area contributed by atoms with Crippen molar-refractivity contribution in [3.63, 3.8) is 0 Å². The predicted octanol–water partition coefficient (Wildman–Crippen LogP) is 7.21. The van der Waals surface area contributed by atoms with Gasteiger partial charge in [0, 0.05) is 28.2 Å². The summed E-state index contributed by atoms with van der Waals surface area (Å²) in [6.07, 6.45) is 7.53. The van der Waals surface area contributed by atoms with Crippen molar-refractivity contribution in [3.05, 3.63) is 82.5 Å². The molecule has 3 rings (SSSR count). The Morgan fingerprint density at radius 2 is 1.80 bits per heavy atom. The molecule has 0 radical (unpaired) electrons. The van der Waals surface area contributed by atoms with E-state index in [1.165, 1.54) is 23.3 Å². The van der Waals surface area contributed by atoms with E-state index in [1.54, 1.807) is 18.2 Å². The van der Waals surface area contributed by atoms with Crippen molar-refractivity contribution in [2.45, 2.75) is 71.8 Å². The van der Waals surface area contributed by atoms with E-state index in [-0.39, 0.29) is 29.5 Å². The number of carbonyl (C=O) groups is 1. The average molecular weight is 477 g/mol. The van der Waals surface area contributed by atoms with Gasteiger partial charge in [-0.15, -0.1) is 6.58 Å². The third-order valence-electron chi connectivity index (χ3n) is 6.61. The molecule has 2 aromatic carbocycles. The zero-order chi connectivity index (χ0) is 25.9. The monoisotopic (exact) mass is 476 g/mol. The van der Waals surface area contributed by atoms with E-state index in [2.05, 4.69) is 33.4 Å². The third kappa shape index (κ3) is 5.79. The summed E-state index contributed by atoms with van der Waals surface area (Å²) in [6.45, 7) is 13.9. The molecule has 1 atom stereocenters. The molecule has 0 fully saturated rings. The maximum absolute atomic E-state index is 13.1. The van der Waals surface area contributed by atoms with Crippen LogP contribution in [0.1, 0.15) is 87.0 Å². The second-order valence-corrected chi connectivity index (χ2v) is 10.1. The fourth-order valence-electron chi connectivity index (χ4n) is 4.25. The molecule has 5 heteroatoms. The van der Waals surface area contributed by atoms with Gasteiger partial charge in [-0.2, -0.15) is 0 Å². The Morgan fingerprint density at radius 1 is 1.09 bits per heavy atom. The molecule has 1 aliphatic heterocycles. The molecule has 0 amide bonds. The number of rotatable bonds is 8. The summed E-state index contributed by atoms with van der Waals surface area (Å²) in [5.74, 6) is 0.0825. The Labute approximate surface area is 208 Å². The molecular formula is C30H36O5. The van der Waals surface area contributed by atoms with Crippen LogP contribution >= 0.6 is 0 Å². The van der Waals surface area contributed by atoms with Crippen molar-refractivity contribution < 1.29 is 24.9 Å². The molecule has 186 valence electrons. The van der Waals surface area contributed by atoms with E-state index >= 15 is 0 Å². The quantitative estimate of drug-likeness (QED) is 0.350. The lowest BCUT2D eigenvalue weighted by molar-refractivity contribution is 0.0844. The van der Waals surface area contributed by atoms with Crippen LogP contribution in [0.3, 0.4) is 0 Å². The molecular weight excluding hydrogens is 440 g/mol. The first kappa shape index (κ1) is 26.1. The first-order valence-electron chi connectivity index (χ1n) is 12.0. The van der Waals surface area contributed by atoms with Crippen LogP contribution in [0.4, 0.5) is 0 Å². The van der Waals surface area contributed by atoms with Gasteiger partial charge in [-0.3, -0.25) is 4.79 Å². The van der Waals surface area contributed by atoms with Crippen molar-refractivity contribution in [1.82, 2.24) is 0 Å². The van der Waals surface area contributed by atoms with Crippen molar-refractivity contribution in [1.29, 1.82) is 0 Å². The lowest BCUT2D eigenvalue weighted by Crippen LogP contribution is -2.22. The van der Waals surface area contributed by atoms with Crippen LogP contribution in [0.15, 0.2) is 60.2 Å². The zero-order valence-electron chi connectivity index (χ0n) is 21.3. The highest BCUT2D eigenvalue weighted by Gasteiger charge is 2.33. The van der Waals surface area contributed by atoms with Crippen LogP contribution in [0.25, 0.3) is 0 Å². The van der Waals surface area contributed by atoms with Gasteiger partial charge in [0.05, 0.1) is 12.0 Å². The molecule has 5 nitrogen and oxygen atoms in total. The molecule has 35 heavy (non-hydrogen) atoms. The molecule has 1 aliphatic rings. The zero-order valence-corrected chi connectivity index (χ0v) is 21.3. The molecule has 0 aromatic heterocycles. The van der Waals surface area contributed by atoms with Gasteiger partial charge in [0.2, 0.25) is 0 Å². The number of allylic oxidation sites excluding steroid dienone is 5. The highest BCUT2D eigenvalue weighted by atomic mass is 16.5. The smallest absolute Gasteiger partial charge is 0.170 e. The van der Waals surface area contributed by atoms with Crippen LogP contribution < -0.4 is 4.74 Å². The van der Waals surface area contributed by atoms with Crippen LogP contribution in [0.5, 0.6) is 23.0 Å².